The Labute approximate surface area is 114 Å². The number of hydrogen-bond acceptors (Lipinski definition) is 4. The molecule has 19 heavy (non-hydrogen) atoms. The van der Waals surface area contributed by atoms with E-state index >= 15 is 0 Å². The third-order valence-corrected chi connectivity index (χ3v) is 3.35. The molecule has 0 aromatic rings. The molecule has 0 bridgehead atoms. The Morgan fingerprint density at radius 3 is 2.32 bits per heavy atom. The first kappa shape index (κ1) is 17.4. The summed E-state index contributed by atoms with van der Waals surface area (Å²) in [6.45, 7) is 5.52. The highest BCUT2D eigenvalue weighted by Crippen LogP contribution is 2.34. The number of rotatable bonds is 9. The van der Waals surface area contributed by atoms with Gasteiger partial charge in [-0.2, -0.15) is 5.26 Å². The second kappa shape index (κ2) is 8.52. The maximum Gasteiger partial charge on any atom is 0.323 e. The van der Waals surface area contributed by atoms with Crippen LogP contribution in [0.15, 0.2) is 0 Å². The normalized spacial score (nSPS) is 15.1. The molecule has 1 N–H and O–H groups in total. The van der Waals surface area contributed by atoms with Crippen molar-refractivity contribution in [3.05, 3.63) is 0 Å². The molecule has 5 nitrogen and oxygen atoms in total. The van der Waals surface area contributed by atoms with Crippen LogP contribution in [0.5, 0.6) is 0 Å². The fourth-order valence-electron chi connectivity index (χ4n) is 2.11. The zero-order chi connectivity index (χ0) is 14.9. The van der Waals surface area contributed by atoms with E-state index in [1.54, 1.807) is 6.92 Å². The first-order valence-electron chi connectivity index (χ1n) is 6.78. The Kier molecular flexibility index (Phi) is 7.81. The molecule has 0 aliphatic rings. The van der Waals surface area contributed by atoms with Gasteiger partial charge in [0.1, 0.15) is 0 Å². The largest absolute Gasteiger partial charge is 0.480 e. The summed E-state index contributed by atoms with van der Waals surface area (Å²) >= 11 is 0. The van der Waals surface area contributed by atoms with E-state index in [2.05, 4.69) is 6.07 Å². The van der Waals surface area contributed by atoms with E-state index in [9.17, 15) is 14.7 Å². The number of nitriles is 1. The van der Waals surface area contributed by atoms with Gasteiger partial charge >= 0.3 is 11.9 Å². The lowest BCUT2D eigenvalue weighted by atomic mass is 9.77. The van der Waals surface area contributed by atoms with Crippen LogP contribution in [-0.2, 0) is 14.3 Å². The van der Waals surface area contributed by atoms with Gasteiger partial charge < -0.3 is 9.84 Å². The summed E-state index contributed by atoms with van der Waals surface area (Å²) in [5.74, 6) is -2.05. The summed E-state index contributed by atoms with van der Waals surface area (Å²) in [5, 5.41) is 18.3. The Balaban J connectivity index is 5.07. The van der Waals surface area contributed by atoms with Crippen LogP contribution >= 0.6 is 0 Å². The van der Waals surface area contributed by atoms with Gasteiger partial charge in [-0.1, -0.05) is 20.3 Å². The van der Waals surface area contributed by atoms with Crippen LogP contribution < -0.4 is 0 Å². The Hall–Kier alpha value is -1.57. The standard InChI is InChI=1S/C14H23NO4/c1-4-8-14(12(16)17,13(18)19-6-3)9-7-11(5-2)10-15/h11H,4-9H2,1-3H3,(H,16,17). The van der Waals surface area contributed by atoms with Crippen LogP contribution in [0.3, 0.4) is 0 Å². The third kappa shape index (κ3) is 4.55. The maximum atomic E-state index is 12.0. The van der Waals surface area contributed by atoms with Gasteiger partial charge in [0.15, 0.2) is 5.41 Å². The van der Waals surface area contributed by atoms with E-state index < -0.39 is 17.4 Å². The number of carbonyl (C=O) groups excluding carboxylic acids is 1. The van der Waals surface area contributed by atoms with Crippen molar-refractivity contribution in [2.24, 2.45) is 11.3 Å². The summed E-state index contributed by atoms with van der Waals surface area (Å²) in [6, 6.07) is 2.13. The van der Waals surface area contributed by atoms with E-state index in [4.69, 9.17) is 10.00 Å². The van der Waals surface area contributed by atoms with E-state index in [1.807, 2.05) is 13.8 Å². The fraction of sp³-hybridized carbons (Fsp3) is 0.786. The lowest BCUT2D eigenvalue weighted by Gasteiger charge is -2.27. The lowest BCUT2D eigenvalue weighted by Crippen LogP contribution is -2.41. The predicted molar refractivity (Wildman–Crippen MR) is 70.2 cm³/mol. The zero-order valence-electron chi connectivity index (χ0n) is 11.9. The molecule has 0 saturated heterocycles. The molecule has 0 rings (SSSR count). The summed E-state index contributed by atoms with van der Waals surface area (Å²) in [6.07, 6.45) is 2.03. The van der Waals surface area contributed by atoms with Crippen molar-refractivity contribution in [1.82, 2.24) is 0 Å². The molecule has 0 heterocycles. The molecule has 0 saturated carbocycles. The Morgan fingerprint density at radius 2 is 1.95 bits per heavy atom. The van der Waals surface area contributed by atoms with Crippen LogP contribution in [0, 0.1) is 22.7 Å². The maximum absolute atomic E-state index is 12.0. The van der Waals surface area contributed by atoms with Crippen LogP contribution in [0.4, 0.5) is 0 Å². The number of ether oxygens (including phenoxy) is 1. The van der Waals surface area contributed by atoms with Gasteiger partial charge in [0.05, 0.1) is 12.7 Å². The van der Waals surface area contributed by atoms with Gasteiger partial charge in [-0.3, -0.25) is 9.59 Å². The van der Waals surface area contributed by atoms with Crippen LogP contribution in [-0.4, -0.2) is 23.7 Å². The molecule has 0 fully saturated rings. The van der Waals surface area contributed by atoms with Gasteiger partial charge in [-0.05, 0) is 32.6 Å². The number of esters is 1. The van der Waals surface area contributed by atoms with E-state index in [0.29, 0.717) is 19.3 Å². The average molecular weight is 269 g/mol. The summed E-state index contributed by atoms with van der Waals surface area (Å²) < 4.78 is 4.92. The Bertz CT molecular complexity index is 348. The number of nitrogens with zero attached hydrogens (tertiary/aromatic N) is 1. The van der Waals surface area contributed by atoms with E-state index in [1.165, 1.54) is 0 Å². The summed E-state index contributed by atoms with van der Waals surface area (Å²) in [5.41, 5.74) is -1.50. The number of carbonyl (C=O) groups is 2. The van der Waals surface area contributed by atoms with Gasteiger partial charge in [-0.15, -0.1) is 0 Å². The Morgan fingerprint density at radius 1 is 1.32 bits per heavy atom. The topological polar surface area (TPSA) is 87.4 Å². The van der Waals surface area contributed by atoms with Crippen LogP contribution in [0.25, 0.3) is 0 Å². The SMILES string of the molecule is CCCC(CCC(C#N)CC)(C(=O)O)C(=O)OCC. The van der Waals surface area contributed by atoms with Gasteiger partial charge in [-0.25, -0.2) is 0 Å². The molecule has 2 unspecified atom stereocenters. The number of hydrogen-bond donors (Lipinski definition) is 1. The summed E-state index contributed by atoms with van der Waals surface area (Å²) in [7, 11) is 0. The minimum absolute atomic E-state index is 0.154. The molecule has 0 aromatic heterocycles. The molecule has 5 heteroatoms. The lowest BCUT2D eigenvalue weighted by molar-refractivity contribution is -0.170. The monoisotopic (exact) mass is 269 g/mol. The second-order valence-electron chi connectivity index (χ2n) is 4.63. The highest BCUT2D eigenvalue weighted by atomic mass is 16.5. The highest BCUT2D eigenvalue weighted by Gasteiger charge is 2.46. The van der Waals surface area contributed by atoms with Crippen molar-refractivity contribution in [2.45, 2.75) is 52.9 Å². The van der Waals surface area contributed by atoms with Gasteiger partial charge in [0.2, 0.25) is 0 Å². The molecule has 2 atom stereocenters. The van der Waals surface area contributed by atoms with Crippen molar-refractivity contribution in [2.75, 3.05) is 6.61 Å². The second-order valence-corrected chi connectivity index (χ2v) is 4.63. The molecule has 0 amide bonds. The predicted octanol–water partition coefficient (Wildman–Crippen LogP) is 2.75. The van der Waals surface area contributed by atoms with E-state index in [-0.39, 0.29) is 25.4 Å². The first-order chi connectivity index (χ1) is 8.98. The quantitative estimate of drug-likeness (QED) is 0.513. The average Bonchev–Trinajstić information content (AvgIpc) is 2.38. The minimum atomic E-state index is -1.50. The smallest absolute Gasteiger partial charge is 0.323 e. The van der Waals surface area contributed by atoms with Crippen molar-refractivity contribution >= 4 is 11.9 Å². The van der Waals surface area contributed by atoms with Gasteiger partial charge in [0.25, 0.3) is 0 Å². The zero-order valence-corrected chi connectivity index (χ0v) is 11.9. The molecule has 0 spiro atoms. The molecule has 0 aliphatic heterocycles. The fourth-order valence-corrected chi connectivity index (χ4v) is 2.11. The third-order valence-electron chi connectivity index (χ3n) is 3.35. The number of aliphatic carboxylic acids is 1. The summed E-state index contributed by atoms with van der Waals surface area (Å²) in [4.78, 5) is 23.5. The first-order valence-corrected chi connectivity index (χ1v) is 6.78. The van der Waals surface area contributed by atoms with Crippen molar-refractivity contribution in [3.63, 3.8) is 0 Å². The van der Waals surface area contributed by atoms with E-state index in [0.717, 1.165) is 0 Å². The van der Waals surface area contributed by atoms with Gasteiger partial charge in [0, 0.05) is 5.92 Å². The number of carboxylic acids is 1. The molecule has 0 aromatic carbocycles. The molecular formula is C14H23NO4. The van der Waals surface area contributed by atoms with Crippen LogP contribution in [0.2, 0.25) is 0 Å². The van der Waals surface area contributed by atoms with Crippen molar-refractivity contribution < 1.29 is 19.4 Å². The molecular weight excluding hydrogens is 246 g/mol. The molecule has 0 radical (unpaired) electrons. The number of carboxylic acid groups (broad SMARTS) is 1. The molecule has 0 aliphatic carbocycles. The van der Waals surface area contributed by atoms with Crippen molar-refractivity contribution in [3.8, 4) is 6.07 Å². The van der Waals surface area contributed by atoms with Crippen LogP contribution in [0.1, 0.15) is 52.9 Å². The molecule has 108 valence electrons. The highest BCUT2D eigenvalue weighted by molar-refractivity contribution is 5.99. The minimum Gasteiger partial charge on any atom is -0.480 e. The van der Waals surface area contributed by atoms with Crippen molar-refractivity contribution in [1.29, 1.82) is 5.26 Å².